The fraction of sp³-hybridized carbons (Fsp3) is 0.611. The highest BCUT2D eigenvalue weighted by atomic mass is 32.2. The molecule has 3 N–H and O–H groups in total. The Kier molecular flexibility index (Phi) is 11.9. The van der Waals surface area contributed by atoms with E-state index in [0.717, 1.165) is 18.4 Å². The van der Waals surface area contributed by atoms with Crippen LogP contribution in [-0.4, -0.2) is 105 Å². The third-order valence-electron chi connectivity index (χ3n) is 10.0. The number of aromatic nitrogens is 1. The quantitative estimate of drug-likeness (QED) is 0.160. The van der Waals surface area contributed by atoms with Crippen LogP contribution in [0, 0.1) is 17.3 Å². The van der Waals surface area contributed by atoms with Crippen molar-refractivity contribution in [3.8, 4) is 5.75 Å². The third-order valence-corrected chi connectivity index (χ3v) is 12.8. The standard InChI is InChI=1S/C36H47F3N4O8S2/c1-21(2)41-34-42-26-10-9-25(15-30(26)52-34)53(46,47)43(20-35(3)11-12-35)16-28(44)23(13-22-5-7-24(48-4)8-6-22)14-31(45)51-29-18-50-33-32(29)27(17-49-33)40-19-36(37,38)39/h5-10,15,21,23,27-29,32-33,40,44H,11-14,16-20H2,1-4H3,(H,41,42)/t23-,27+,28-,29+,32+,33-/m1/s1. The molecule has 2 aromatic carbocycles. The molecule has 0 unspecified atom stereocenters. The molecule has 2 aliphatic heterocycles. The zero-order valence-corrected chi connectivity index (χ0v) is 31.7. The molecule has 2 saturated heterocycles. The molecule has 6 rings (SSSR count). The topological polar surface area (TPSA) is 149 Å². The first-order valence-corrected chi connectivity index (χ1v) is 20.0. The molecule has 0 amide bonds. The fourth-order valence-electron chi connectivity index (χ4n) is 6.82. The Balaban J connectivity index is 1.21. The van der Waals surface area contributed by atoms with Crippen LogP contribution in [0.4, 0.5) is 18.3 Å². The molecular formula is C36H47F3N4O8S2. The van der Waals surface area contributed by atoms with Gasteiger partial charge in [-0.05, 0) is 74.4 Å². The second kappa shape index (κ2) is 16.0. The van der Waals surface area contributed by atoms with Gasteiger partial charge in [0.1, 0.15) is 11.9 Å². The number of rotatable bonds is 17. The first-order valence-electron chi connectivity index (χ1n) is 17.7. The highest BCUT2D eigenvalue weighted by Gasteiger charge is 2.51. The predicted octanol–water partition coefficient (Wildman–Crippen LogP) is 4.96. The van der Waals surface area contributed by atoms with Gasteiger partial charge in [-0.1, -0.05) is 30.4 Å². The highest BCUT2D eigenvalue weighted by Crippen LogP contribution is 2.46. The molecule has 3 aromatic rings. The number of nitrogens with one attached hydrogen (secondary N) is 2. The molecular weight excluding hydrogens is 738 g/mol. The van der Waals surface area contributed by atoms with Gasteiger partial charge in [0.15, 0.2) is 11.4 Å². The van der Waals surface area contributed by atoms with E-state index in [2.05, 4.69) is 15.6 Å². The molecule has 0 spiro atoms. The summed E-state index contributed by atoms with van der Waals surface area (Å²) in [6.07, 6.45) is -5.82. The molecule has 3 aliphatic rings. The van der Waals surface area contributed by atoms with Crippen LogP contribution in [0.3, 0.4) is 0 Å². The van der Waals surface area contributed by atoms with Gasteiger partial charge in [-0.15, -0.1) is 0 Å². The molecule has 3 fully saturated rings. The SMILES string of the molecule is COc1ccc(C[C@H](CC(=O)O[C@H]2CO[C@H]3OC[C@H](NCC(F)(F)F)[C@H]32)[C@H](O)CN(CC2(C)CC2)S(=O)(=O)c2ccc3nc(NC(C)C)sc3c2)cc1. The zero-order valence-electron chi connectivity index (χ0n) is 30.1. The van der Waals surface area contributed by atoms with Crippen molar-refractivity contribution >= 4 is 42.7 Å². The molecule has 6 atom stereocenters. The summed E-state index contributed by atoms with van der Waals surface area (Å²) >= 11 is 1.36. The number of thiazole rings is 1. The molecule has 0 bridgehead atoms. The Labute approximate surface area is 311 Å². The number of alkyl halides is 3. The maximum absolute atomic E-state index is 14.3. The van der Waals surface area contributed by atoms with E-state index in [1.165, 1.54) is 28.8 Å². The Morgan fingerprint density at radius 3 is 2.53 bits per heavy atom. The van der Waals surface area contributed by atoms with Gasteiger partial charge in [-0.25, -0.2) is 13.4 Å². The lowest BCUT2D eigenvalue weighted by molar-refractivity contribution is -0.154. The Morgan fingerprint density at radius 1 is 1.15 bits per heavy atom. The Morgan fingerprint density at radius 2 is 1.87 bits per heavy atom. The minimum atomic E-state index is -4.44. The van der Waals surface area contributed by atoms with E-state index in [1.807, 2.05) is 20.8 Å². The predicted molar refractivity (Wildman–Crippen MR) is 192 cm³/mol. The second-order valence-corrected chi connectivity index (χ2v) is 17.9. The molecule has 292 valence electrons. The number of benzene rings is 2. The minimum Gasteiger partial charge on any atom is -0.497 e. The molecule has 1 aliphatic carbocycles. The normalized spacial score (nSPS) is 23.7. The Bertz CT molecular complexity index is 1840. The average molecular weight is 785 g/mol. The van der Waals surface area contributed by atoms with Crippen LogP contribution < -0.4 is 15.4 Å². The van der Waals surface area contributed by atoms with Crippen molar-refractivity contribution in [2.24, 2.45) is 17.3 Å². The van der Waals surface area contributed by atoms with Crippen molar-refractivity contribution in [2.45, 2.75) is 88.1 Å². The van der Waals surface area contributed by atoms with Crippen LogP contribution in [0.1, 0.15) is 45.6 Å². The monoisotopic (exact) mass is 784 g/mol. The van der Waals surface area contributed by atoms with Crippen LogP contribution in [0.2, 0.25) is 0 Å². The summed E-state index contributed by atoms with van der Waals surface area (Å²) in [6.45, 7) is 4.57. The highest BCUT2D eigenvalue weighted by molar-refractivity contribution is 7.89. The molecule has 17 heteroatoms. The number of anilines is 1. The summed E-state index contributed by atoms with van der Waals surface area (Å²) in [7, 11) is -2.57. The van der Waals surface area contributed by atoms with E-state index in [1.54, 1.807) is 36.4 Å². The number of sulfonamides is 1. The van der Waals surface area contributed by atoms with Crippen LogP contribution in [0.15, 0.2) is 47.4 Å². The van der Waals surface area contributed by atoms with Gasteiger partial charge in [0.25, 0.3) is 0 Å². The van der Waals surface area contributed by atoms with Crippen molar-refractivity contribution in [1.29, 1.82) is 0 Å². The van der Waals surface area contributed by atoms with Crippen LogP contribution >= 0.6 is 11.3 Å². The van der Waals surface area contributed by atoms with Crippen molar-refractivity contribution in [3.05, 3.63) is 48.0 Å². The molecule has 0 radical (unpaired) electrons. The van der Waals surface area contributed by atoms with Crippen LogP contribution in [0.25, 0.3) is 10.2 Å². The van der Waals surface area contributed by atoms with E-state index in [-0.39, 0.29) is 55.5 Å². The molecule has 1 aromatic heterocycles. The lowest BCUT2D eigenvalue weighted by Crippen LogP contribution is -2.46. The van der Waals surface area contributed by atoms with E-state index in [0.29, 0.717) is 21.1 Å². The Hall–Kier alpha value is -3.06. The summed E-state index contributed by atoms with van der Waals surface area (Å²) in [6, 6.07) is 11.3. The lowest BCUT2D eigenvalue weighted by atomic mass is 9.90. The number of carbonyl (C=O) groups excluding carboxylic acids is 1. The first-order chi connectivity index (χ1) is 25.0. The van der Waals surface area contributed by atoms with E-state index in [4.69, 9.17) is 18.9 Å². The number of carbonyl (C=O) groups is 1. The van der Waals surface area contributed by atoms with Gasteiger partial charge in [-0.3, -0.25) is 4.79 Å². The van der Waals surface area contributed by atoms with Gasteiger partial charge >= 0.3 is 12.1 Å². The fourth-order valence-corrected chi connectivity index (χ4v) is 9.59. The average Bonchev–Trinajstić information content (AvgIpc) is 3.39. The third kappa shape index (κ3) is 9.98. The summed E-state index contributed by atoms with van der Waals surface area (Å²) in [5.74, 6) is -1.51. The largest absolute Gasteiger partial charge is 0.497 e. The van der Waals surface area contributed by atoms with Crippen molar-refractivity contribution in [3.63, 3.8) is 0 Å². The summed E-state index contributed by atoms with van der Waals surface area (Å²) in [4.78, 5) is 18.2. The minimum absolute atomic E-state index is 0.0343. The van der Waals surface area contributed by atoms with Gasteiger partial charge in [-0.2, -0.15) is 17.5 Å². The maximum atomic E-state index is 14.3. The number of aliphatic hydroxyl groups is 1. The number of ether oxygens (including phenoxy) is 4. The summed E-state index contributed by atoms with van der Waals surface area (Å²) in [5, 5.41) is 18.2. The summed E-state index contributed by atoms with van der Waals surface area (Å²) in [5.41, 5.74) is 1.19. The summed E-state index contributed by atoms with van der Waals surface area (Å²) < 4.78 is 91.8. The first kappa shape index (κ1) is 39.6. The molecule has 12 nitrogen and oxygen atoms in total. The second-order valence-electron chi connectivity index (χ2n) is 14.9. The number of hydrogen-bond acceptors (Lipinski definition) is 12. The van der Waals surface area contributed by atoms with Crippen molar-refractivity contribution in [1.82, 2.24) is 14.6 Å². The van der Waals surface area contributed by atoms with Crippen molar-refractivity contribution < 1.29 is 50.4 Å². The van der Waals surface area contributed by atoms with E-state index >= 15 is 0 Å². The molecule has 3 heterocycles. The van der Waals surface area contributed by atoms with Crippen LogP contribution in [-0.2, 0) is 35.4 Å². The molecule has 53 heavy (non-hydrogen) atoms. The van der Waals surface area contributed by atoms with Gasteiger partial charge in [0, 0.05) is 31.1 Å². The zero-order chi connectivity index (χ0) is 38.1. The number of methoxy groups -OCH3 is 1. The number of halogens is 3. The lowest BCUT2D eigenvalue weighted by Gasteiger charge is -2.31. The van der Waals surface area contributed by atoms with Gasteiger partial charge in [0.05, 0.1) is 60.4 Å². The number of fused-ring (bicyclic) bond motifs is 2. The molecule has 1 saturated carbocycles. The van der Waals surface area contributed by atoms with E-state index in [9.17, 15) is 31.5 Å². The number of aliphatic hydroxyl groups excluding tert-OH is 1. The number of esters is 1. The number of hydrogen-bond donors (Lipinski definition) is 3. The van der Waals surface area contributed by atoms with Crippen molar-refractivity contribution in [2.75, 3.05) is 45.3 Å². The number of nitrogens with zero attached hydrogens (tertiary/aromatic N) is 2. The van der Waals surface area contributed by atoms with Gasteiger partial charge < -0.3 is 34.7 Å². The maximum Gasteiger partial charge on any atom is 0.401 e. The van der Waals surface area contributed by atoms with Crippen LogP contribution in [0.5, 0.6) is 5.75 Å². The smallest absolute Gasteiger partial charge is 0.401 e. The van der Waals surface area contributed by atoms with E-state index < -0.39 is 65.1 Å². The van der Waals surface area contributed by atoms with Gasteiger partial charge in [0.2, 0.25) is 10.0 Å².